The van der Waals surface area contributed by atoms with E-state index >= 15 is 0 Å². The molecule has 1 aromatic carbocycles. The molecule has 17 heavy (non-hydrogen) atoms. The topological polar surface area (TPSA) is 3.24 Å². The number of alkyl halides is 1. The van der Waals surface area contributed by atoms with Gasteiger partial charge in [0, 0.05) is 18.4 Å². The van der Waals surface area contributed by atoms with Crippen molar-refractivity contribution < 1.29 is 4.39 Å². The SMILES string of the molecule is CCN(CCC(C)CCBr)c1ccccc1F. The quantitative estimate of drug-likeness (QED) is 0.672. The molecule has 0 saturated heterocycles. The summed E-state index contributed by atoms with van der Waals surface area (Å²) in [5.74, 6) is 0.553. The van der Waals surface area contributed by atoms with Gasteiger partial charge in [-0.2, -0.15) is 0 Å². The van der Waals surface area contributed by atoms with Gasteiger partial charge in [-0.1, -0.05) is 35.0 Å². The van der Waals surface area contributed by atoms with Crippen LogP contribution in [0.2, 0.25) is 0 Å². The third kappa shape index (κ3) is 4.66. The molecule has 1 nitrogen and oxygen atoms in total. The molecule has 0 amide bonds. The van der Waals surface area contributed by atoms with Crippen LogP contribution in [0.5, 0.6) is 0 Å². The number of anilines is 1. The minimum atomic E-state index is -0.123. The second kappa shape index (κ2) is 7.70. The van der Waals surface area contributed by atoms with Gasteiger partial charge in [-0.3, -0.25) is 0 Å². The minimum Gasteiger partial charge on any atom is -0.369 e. The molecule has 0 N–H and O–H groups in total. The van der Waals surface area contributed by atoms with Crippen molar-refractivity contribution in [2.45, 2.75) is 26.7 Å². The predicted octanol–water partition coefficient (Wildman–Crippen LogP) is 4.46. The van der Waals surface area contributed by atoms with Crippen molar-refractivity contribution in [2.75, 3.05) is 23.3 Å². The third-order valence-corrected chi connectivity index (χ3v) is 3.53. The van der Waals surface area contributed by atoms with E-state index in [9.17, 15) is 4.39 Å². The smallest absolute Gasteiger partial charge is 0.146 e. The maximum absolute atomic E-state index is 13.7. The first-order valence-corrected chi connectivity index (χ1v) is 7.36. The molecule has 96 valence electrons. The Bertz CT molecular complexity index is 330. The number of nitrogens with zero attached hydrogens (tertiary/aromatic N) is 1. The van der Waals surface area contributed by atoms with Gasteiger partial charge in [0.2, 0.25) is 0 Å². The van der Waals surface area contributed by atoms with Crippen LogP contribution in [0.15, 0.2) is 24.3 Å². The first-order valence-electron chi connectivity index (χ1n) is 6.24. The Labute approximate surface area is 112 Å². The van der Waals surface area contributed by atoms with Crippen molar-refractivity contribution in [3.05, 3.63) is 30.1 Å². The number of halogens is 2. The molecule has 0 aliphatic carbocycles. The predicted molar refractivity (Wildman–Crippen MR) is 76.5 cm³/mol. The highest BCUT2D eigenvalue weighted by Gasteiger charge is 2.10. The Morgan fingerprint density at radius 3 is 2.59 bits per heavy atom. The van der Waals surface area contributed by atoms with Crippen LogP contribution in [-0.2, 0) is 0 Å². The molecule has 0 heterocycles. The van der Waals surface area contributed by atoms with Gasteiger partial charge >= 0.3 is 0 Å². The molecule has 0 aliphatic rings. The van der Waals surface area contributed by atoms with Gasteiger partial charge in [0.25, 0.3) is 0 Å². The molecular weight excluding hydrogens is 281 g/mol. The zero-order valence-electron chi connectivity index (χ0n) is 10.6. The summed E-state index contributed by atoms with van der Waals surface area (Å²) in [5.41, 5.74) is 0.723. The van der Waals surface area contributed by atoms with Gasteiger partial charge in [0.15, 0.2) is 0 Å². The molecule has 0 aliphatic heterocycles. The van der Waals surface area contributed by atoms with E-state index in [1.807, 2.05) is 12.1 Å². The van der Waals surface area contributed by atoms with Crippen molar-refractivity contribution in [2.24, 2.45) is 5.92 Å². The Hall–Kier alpha value is -0.570. The molecule has 0 saturated carbocycles. The van der Waals surface area contributed by atoms with Gasteiger partial charge in [-0.05, 0) is 37.8 Å². The maximum Gasteiger partial charge on any atom is 0.146 e. The Morgan fingerprint density at radius 1 is 1.29 bits per heavy atom. The van der Waals surface area contributed by atoms with E-state index < -0.39 is 0 Å². The number of hydrogen-bond donors (Lipinski definition) is 0. The lowest BCUT2D eigenvalue weighted by Crippen LogP contribution is -2.26. The fraction of sp³-hybridized carbons (Fsp3) is 0.571. The fourth-order valence-corrected chi connectivity index (χ4v) is 2.65. The lowest BCUT2D eigenvalue weighted by atomic mass is 10.0. The van der Waals surface area contributed by atoms with Gasteiger partial charge in [0.1, 0.15) is 5.82 Å². The summed E-state index contributed by atoms with van der Waals surface area (Å²) in [7, 11) is 0. The van der Waals surface area contributed by atoms with Crippen LogP contribution in [0, 0.1) is 11.7 Å². The van der Waals surface area contributed by atoms with Gasteiger partial charge in [-0.15, -0.1) is 0 Å². The summed E-state index contributed by atoms with van der Waals surface area (Å²) < 4.78 is 13.7. The van der Waals surface area contributed by atoms with E-state index in [2.05, 4.69) is 34.7 Å². The van der Waals surface area contributed by atoms with Crippen LogP contribution in [0.4, 0.5) is 10.1 Å². The molecule has 0 fully saturated rings. The molecule has 0 bridgehead atoms. The monoisotopic (exact) mass is 301 g/mol. The summed E-state index contributed by atoms with van der Waals surface area (Å²) in [6.45, 7) is 6.09. The molecular formula is C14H21BrFN. The summed E-state index contributed by atoms with van der Waals surface area (Å²) in [4.78, 5) is 2.11. The number of hydrogen-bond acceptors (Lipinski definition) is 1. The summed E-state index contributed by atoms with van der Waals surface area (Å²) in [5, 5.41) is 1.04. The Kier molecular flexibility index (Phi) is 6.56. The van der Waals surface area contributed by atoms with Crippen molar-refractivity contribution in [1.29, 1.82) is 0 Å². The summed E-state index contributed by atoms with van der Waals surface area (Å²) >= 11 is 3.46. The number of para-hydroxylation sites is 1. The van der Waals surface area contributed by atoms with Crippen LogP contribution in [0.1, 0.15) is 26.7 Å². The molecule has 1 rings (SSSR count). The highest BCUT2D eigenvalue weighted by Crippen LogP contribution is 2.20. The molecule has 1 atom stereocenters. The molecule has 3 heteroatoms. The fourth-order valence-electron chi connectivity index (χ4n) is 1.86. The maximum atomic E-state index is 13.7. The van der Waals surface area contributed by atoms with E-state index in [0.717, 1.165) is 30.5 Å². The van der Waals surface area contributed by atoms with E-state index in [1.165, 1.54) is 12.5 Å². The number of benzene rings is 1. The van der Waals surface area contributed by atoms with Gasteiger partial charge < -0.3 is 4.90 Å². The number of rotatable bonds is 7. The lowest BCUT2D eigenvalue weighted by molar-refractivity contribution is 0.514. The first-order chi connectivity index (χ1) is 8.19. The standard InChI is InChI=1S/C14H21BrFN/c1-3-17(11-9-12(2)8-10-15)14-7-5-4-6-13(14)16/h4-7,12H,3,8-11H2,1-2H3. The third-order valence-electron chi connectivity index (χ3n) is 3.07. The van der Waals surface area contributed by atoms with Crippen molar-refractivity contribution in [3.8, 4) is 0 Å². The lowest BCUT2D eigenvalue weighted by Gasteiger charge is -2.25. The van der Waals surface area contributed by atoms with Gasteiger partial charge in [-0.25, -0.2) is 4.39 Å². The van der Waals surface area contributed by atoms with Crippen LogP contribution in [-0.4, -0.2) is 18.4 Å². The largest absolute Gasteiger partial charge is 0.369 e. The molecule has 0 radical (unpaired) electrons. The van der Waals surface area contributed by atoms with E-state index in [-0.39, 0.29) is 5.82 Å². The minimum absolute atomic E-state index is 0.123. The van der Waals surface area contributed by atoms with Crippen LogP contribution < -0.4 is 4.90 Å². The second-order valence-corrected chi connectivity index (χ2v) is 5.20. The van der Waals surface area contributed by atoms with Crippen molar-refractivity contribution in [3.63, 3.8) is 0 Å². The molecule has 0 spiro atoms. The van der Waals surface area contributed by atoms with Gasteiger partial charge in [0.05, 0.1) is 5.69 Å². The van der Waals surface area contributed by atoms with Crippen molar-refractivity contribution >= 4 is 21.6 Å². The zero-order valence-corrected chi connectivity index (χ0v) is 12.2. The van der Waals surface area contributed by atoms with Crippen LogP contribution >= 0.6 is 15.9 Å². The van der Waals surface area contributed by atoms with E-state index in [4.69, 9.17) is 0 Å². The molecule has 0 aromatic heterocycles. The zero-order chi connectivity index (χ0) is 12.7. The Morgan fingerprint density at radius 2 is 2.00 bits per heavy atom. The van der Waals surface area contributed by atoms with Crippen LogP contribution in [0.3, 0.4) is 0 Å². The normalized spacial score (nSPS) is 12.5. The first kappa shape index (κ1) is 14.5. The molecule has 1 unspecified atom stereocenters. The van der Waals surface area contributed by atoms with Crippen molar-refractivity contribution in [1.82, 2.24) is 0 Å². The average molecular weight is 302 g/mol. The summed E-state index contributed by atoms with van der Waals surface area (Å²) in [6.07, 6.45) is 2.28. The summed E-state index contributed by atoms with van der Waals surface area (Å²) in [6, 6.07) is 7.01. The second-order valence-electron chi connectivity index (χ2n) is 4.40. The molecule has 1 aromatic rings. The average Bonchev–Trinajstić information content (AvgIpc) is 2.32. The Balaban J connectivity index is 2.57. The van der Waals surface area contributed by atoms with E-state index in [1.54, 1.807) is 6.07 Å². The highest BCUT2D eigenvalue weighted by atomic mass is 79.9. The highest BCUT2D eigenvalue weighted by molar-refractivity contribution is 9.09. The van der Waals surface area contributed by atoms with E-state index in [0.29, 0.717) is 5.92 Å². The van der Waals surface area contributed by atoms with Crippen LogP contribution in [0.25, 0.3) is 0 Å².